The lowest BCUT2D eigenvalue weighted by atomic mass is 9.90. The summed E-state index contributed by atoms with van der Waals surface area (Å²) in [5.41, 5.74) is -0.280. The minimum absolute atomic E-state index is 0.00715. The van der Waals surface area contributed by atoms with Gasteiger partial charge in [-0.25, -0.2) is 17.2 Å². The largest absolute Gasteiger partial charge is 0.487 e. The Labute approximate surface area is 151 Å². The van der Waals surface area contributed by atoms with Crippen LogP contribution in [0.15, 0.2) is 46.9 Å². The minimum Gasteiger partial charge on any atom is -0.487 e. The first-order valence-corrected chi connectivity index (χ1v) is 9.47. The van der Waals surface area contributed by atoms with Crippen LogP contribution in [0.4, 0.5) is 8.78 Å². The van der Waals surface area contributed by atoms with Crippen LogP contribution >= 0.6 is 11.6 Å². The molecule has 2 atom stereocenters. The number of hydrogen-bond donors (Lipinski definition) is 0. The molecule has 2 rings (SSSR count). The molecule has 0 bridgehead atoms. The third-order valence-corrected chi connectivity index (χ3v) is 7.09. The van der Waals surface area contributed by atoms with Crippen molar-refractivity contribution in [1.29, 1.82) is 0 Å². The summed E-state index contributed by atoms with van der Waals surface area (Å²) in [6.45, 7) is 7.88. The molecule has 7 heteroatoms. The standard InChI is InChI=1S/C18H19ClF2O3S/c1-5-13(19)7-6-12(3)25(22,23)18(4)10-11(2)24-17-15(21)9-8-14(20)16(17)18/h5-9,11H,1,10H2,2-4H3/b12-6+,13-7+. The van der Waals surface area contributed by atoms with Crippen molar-refractivity contribution in [1.82, 2.24) is 0 Å². The van der Waals surface area contributed by atoms with Gasteiger partial charge < -0.3 is 4.74 Å². The fourth-order valence-electron chi connectivity index (χ4n) is 2.99. The Morgan fingerprint density at radius 2 is 1.96 bits per heavy atom. The van der Waals surface area contributed by atoms with Crippen LogP contribution in [-0.2, 0) is 14.6 Å². The smallest absolute Gasteiger partial charge is 0.184 e. The summed E-state index contributed by atoms with van der Waals surface area (Å²) in [6.07, 6.45) is 3.47. The van der Waals surface area contributed by atoms with Crippen LogP contribution in [0, 0.1) is 11.6 Å². The van der Waals surface area contributed by atoms with Gasteiger partial charge in [-0.3, -0.25) is 0 Å². The van der Waals surface area contributed by atoms with Crippen LogP contribution in [0.1, 0.15) is 32.8 Å². The van der Waals surface area contributed by atoms with E-state index < -0.39 is 32.3 Å². The molecule has 136 valence electrons. The van der Waals surface area contributed by atoms with Crippen molar-refractivity contribution in [3.63, 3.8) is 0 Å². The molecule has 0 aliphatic carbocycles. The molecule has 0 radical (unpaired) electrons. The van der Waals surface area contributed by atoms with Gasteiger partial charge in [0.15, 0.2) is 21.4 Å². The van der Waals surface area contributed by atoms with Gasteiger partial charge in [-0.1, -0.05) is 24.3 Å². The number of fused-ring (bicyclic) bond motifs is 1. The minimum atomic E-state index is -4.01. The van der Waals surface area contributed by atoms with Crippen molar-refractivity contribution < 1.29 is 21.9 Å². The second kappa shape index (κ2) is 6.92. The SMILES string of the molecule is C=C/C(Cl)=C\C=C(/C)S(=O)(=O)C1(C)CC(C)Oc2c(F)ccc(F)c21. The number of halogens is 3. The van der Waals surface area contributed by atoms with E-state index in [-0.39, 0.29) is 27.7 Å². The average molecular weight is 389 g/mol. The quantitative estimate of drug-likeness (QED) is 0.683. The van der Waals surface area contributed by atoms with Crippen molar-refractivity contribution in [2.75, 3.05) is 0 Å². The number of rotatable bonds is 4. The van der Waals surface area contributed by atoms with E-state index in [0.29, 0.717) is 0 Å². The summed E-state index contributed by atoms with van der Waals surface area (Å²) in [5.74, 6) is -1.96. The fraction of sp³-hybridized carbons (Fsp3) is 0.333. The van der Waals surface area contributed by atoms with Crippen LogP contribution in [0.5, 0.6) is 5.75 Å². The summed E-state index contributed by atoms with van der Waals surface area (Å²) < 4.78 is 58.6. The molecule has 0 N–H and O–H groups in total. The van der Waals surface area contributed by atoms with Crippen LogP contribution in [0.2, 0.25) is 0 Å². The molecule has 0 spiro atoms. The Bertz CT molecular complexity index is 875. The predicted octanol–water partition coefficient (Wildman–Crippen LogP) is 4.98. The highest BCUT2D eigenvalue weighted by atomic mass is 35.5. The lowest BCUT2D eigenvalue weighted by Crippen LogP contribution is -2.42. The van der Waals surface area contributed by atoms with E-state index in [1.807, 2.05) is 0 Å². The summed E-state index contributed by atoms with van der Waals surface area (Å²) in [5, 5.41) is 0.262. The molecule has 1 aromatic rings. The average Bonchev–Trinajstić information content (AvgIpc) is 2.54. The maximum atomic E-state index is 14.5. The van der Waals surface area contributed by atoms with E-state index in [1.54, 1.807) is 6.92 Å². The molecule has 0 saturated carbocycles. The van der Waals surface area contributed by atoms with Crippen molar-refractivity contribution in [3.8, 4) is 5.75 Å². The van der Waals surface area contributed by atoms with Crippen LogP contribution in [0.3, 0.4) is 0 Å². The molecular weight excluding hydrogens is 370 g/mol. The van der Waals surface area contributed by atoms with Crippen molar-refractivity contribution >= 4 is 21.4 Å². The summed E-state index contributed by atoms with van der Waals surface area (Å²) >= 11 is 5.80. The van der Waals surface area contributed by atoms with Gasteiger partial charge in [-0.15, -0.1) is 0 Å². The van der Waals surface area contributed by atoms with Gasteiger partial charge in [-0.05, 0) is 45.1 Å². The van der Waals surface area contributed by atoms with Crippen LogP contribution < -0.4 is 4.74 Å². The monoisotopic (exact) mass is 388 g/mol. The van der Waals surface area contributed by atoms with Crippen molar-refractivity contribution in [3.05, 3.63) is 64.1 Å². The zero-order chi connectivity index (χ0) is 19.0. The van der Waals surface area contributed by atoms with Gasteiger partial charge in [0.1, 0.15) is 10.6 Å². The normalized spacial score (nSPS) is 24.5. The third kappa shape index (κ3) is 3.37. The van der Waals surface area contributed by atoms with Gasteiger partial charge in [0.05, 0.1) is 11.7 Å². The Hall–Kier alpha value is -1.66. The Morgan fingerprint density at radius 1 is 1.36 bits per heavy atom. The van der Waals surface area contributed by atoms with Gasteiger partial charge in [0.2, 0.25) is 0 Å². The Morgan fingerprint density at radius 3 is 2.56 bits per heavy atom. The van der Waals surface area contributed by atoms with Crippen LogP contribution in [0.25, 0.3) is 0 Å². The van der Waals surface area contributed by atoms with E-state index in [1.165, 1.54) is 32.1 Å². The summed E-state index contributed by atoms with van der Waals surface area (Å²) in [6, 6.07) is 1.84. The summed E-state index contributed by atoms with van der Waals surface area (Å²) in [4.78, 5) is -0.0151. The predicted molar refractivity (Wildman–Crippen MR) is 95.2 cm³/mol. The second-order valence-electron chi connectivity index (χ2n) is 6.13. The highest BCUT2D eigenvalue weighted by Gasteiger charge is 2.50. The molecule has 1 aromatic carbocycles. The van der Waals surface area contributed by atoms with E-state index >= 15 is 0 Å². The van der Waals surface area contributed by atoms with Gasteiger partial charge in [-0.2, -0.15) is 0 Å². The Balaban J connectivity index is 2.70. The highest BCUT2D eigenvalue weighted by Crippen LogP contribution is 2.48. The first kappa shape index (κ1) is 19.7. The topological polar surface area (TPSA) is 43.4 Å². The lowest BCUT2D eigenvalue weighted by Gasteiger charge is -2.38. The van der Waals surface area contributed by atoms with E-state index in [4.69, 9.17) is 16.3 Å². The molecule has 1 heterocycles. The second-order valence-corrected chi connectivity index (χ2v) is 9.12. The van der Waals surface area contributed by atoms with Crippen molar-refractivity contribution in [2.45, 2.75) is 38.0 Å². The molecule has 0 saturated heterocycles. The van der Waals surface area contributed by atoms with Crippen LogP contribution in [-0.4, -0.2) is 14.5 Å². The molecular formula is C18H19ClF2O3S. The molecule has 1 aliphatic rings. The van der Waals surface area contributed by atoms with Gasteiger partial charge in [0, 0.05) is 16.4 Å². The van der Waals surface area contributed by atoms with Gasteiger partial charge in [0.25, 0.3) is 0 Å². The zero-order valence-corrected chi connectivity index (χ0v) is 15.7. The van der Waals surface area contributed by atoms with E-state index in [0.717, 1.165) is 12.1 Å². The molecule has 1 aliphatic heterocycles. The number of hydrogen-bond acceptors (Lipinski definition) is 3. The molecule has 0 fully saturated rings. The van der Waals surface area contributed by atoms with Gasteiger partial charge >= 0.3 is 0 Å². The molecule has 2 unspecified atom stereocenters. The third-order valence-electron chi connectivity index (χ3n) is 4.27. The lowest BCUT2D eigenvalue weighted by molar-refractivity contribution is 0.157. The first-order valence-electron chi connectivity index (χ1n) is 7.61. The molecule has 0 amide bonds. The first-order chi connectivity index (χ1) is 11.5. The number of sulfone groups is 1. The maximum Gasteiger partial charge on any atom is 0.184 e. The molecule has 25 heavy (non-hydrogen) atoms. The maximum absolute atomic E-state index is 14.5. The Kier molecular flexibility index (Phi) is 5.44. The number of allylic oxidation sites excluding steroid dienone is 5. The zero-order valence-electron chi connectivity index (χ0n) is 14.1. The number of benzene rings is 1. The molecule has 0 aromatic heterocycles. The summed E-state index contributed by atoms with van der Waals surface area (Å²) in [7, 11) is -4.01. The van der Waals surface area contributed by atoms with E-state index in [2.05, 4.69) is 6.58 Å². The number of ether oxygens (including phenoxy) is 1. The van der Waals surface area contributed by atoms with Crippen molar-refractivity contribution in [2.24, 2.45) is 0 Å². The highest BCUT2D eigenvalue weighted by molar-refractivity contribution is 7.96. The fourth-order valence-corrected chi connectivity index (χ4v) is 4.92. The van der Waals surface area contributed by atoms with E-state index in [9.17, 15) is 17.2 Å². The molecule has 3 nitrogen and oxygen atoms in total.